The molecule has 2 N–H and O–H groups in total. The van der Waals surface area contributed by atoms with Crippen LogP contribution in [0.15, 0.2) is 18.2 Å². The smallest absolute Gasteiger partial charge is 0.254 e. The van der Waals surface area contributed by atoms with E-state index in [0.717, 1.165) is 5.56 Å². The molecule has 1 aromatic rings. The predicted molar refractivity (Wildman–Crippen MR) is 61.4 cm³/mol. The van der Waals surface area contributed by atoms with Crippen LogP contribution < -0.4 is 5.32 Å². The van der Waals surface area contributed by atoms with Crippen molar-refractivity contribution in [3.8, 4) is 0 Å². The van der Waals surface area contributed by atoms with E-state index in [0.29, 0.717) is 0 Å². The van der Waals surface area contributed by atoms with Crippen molar-refractivity contribution in [1.82, 2.24) is 5.32 Å². The second-order valence-electron chi connectivity index (χ2n) is 3.80. The molecule has 0 aromatic heterocycles. The number of methoxy groups -OCH3 is 1. The number of carbonyl (C=O) groups excluding carboxylic acids is 1. The fourth-order valence-corrected chi connectivity index (χ4v) is 1.37. The summed E-state index contributed by atoms with van der Waals surface area (Å²) in [5.74, 6) is -1.12. The normalized spacial score (nSPS) is 12.2. The third kappa shape index (κ3) is 4.13. The van der Waals surface area contributed by atoms with Gasteiger partial charge < -0.3 is 15.2 Å². The number of hydrogen-bond acceptors (Lipinski definition) is 3. The number of benzene rings is 1. The second kappa shape index (κ2) is 6.32. The number of nitrogens with one attached hydrogen (secondary N) is 1. The van der Waals surface area contributed by atoms with E-state index < -0.39 is 17.8 Å². The van der Waals surface area contributed by atoms with Crippen LogP contribution in [-0.2, 0) is 4.74 Å². The highest BCUT2D eigenvalue weighted by Crippen LogP contribution is 2.09. The van der Waals surface area contributed by atoms with Crippen LogP contribution in [0.2, 0.25) is 0 Å². The maximum atomic E-state index is 13.3. The molecule has 0 saturated heterocycles. The lowest BCUT2D eigenvalue weighted by atomic mass is 10.1. The Labute approximate surface area is 99.4 Å². The van der Waals surface area contributed by atoms with Gasteiger partial charge in [-0.3, -0.25) is 4.79 Å². The maximum Gasteiger partial charge on any atom is 0.254 e. The molecule has 17 heavy (non-hydrogen) atoms. The summed E-state index contributed by atoms with van der Waals surface area (Å²) in [6.45, 7) is 1.92. The first kappa shape index (κ1) is 13.6. The number of ether oxygens (including phenoxy) is 1. The van der Waals surface area contributed by atoms with Crippen LogP contribution in [0.5, 0.6) is 0 Å². The molecule has 94 valence electrons. The number of halogens is 1. The summed E-state index contributed by atoms with van der Waals surface area (Å²) in [5, 5.41) is 11.8. The number of aliphatic hydroxyl groups excluding tert-OH is 1. The van der Waals surface area contributed by atoms with Crippen molar-refractivity contribution in [2.75, 3.05) is 20.3 Å². The largest absolute Gasteiger partial charge is 0.389 e. The molecule has 0 bridgehead atoms. The molecule has 1 amide bonds. The second-order valence-corrected chi connectivity index (χ2v) is 3.80. The first-order valence-electron chi connectivity index (χ1n) is 5.26. The van der Waals surface area contributed by atoms with Crippen LogP contribution in [0.4, 0.5) is 4.39 Å². The van der Waals surface area contributed by atoms with Crippen molar-refractivity contribution in [2.24, 2.45) is 0 Å². The highest BCUT2D eigenvalue weighted by Gasteiger charge is 2.13. The average Bonchev–Trinajstić information content (AvgIpc) is 2.29. The fraction of sp³-hybridized carbons (Fsp3) is 0.417. The molecular weight excluding hydrogens is 225 g/mol. The van der Waals surface area contributed by atoms with Crippen molar-refractivity contribution < 1.29 is 19.0 Å². The molecule has 0 saturated carbocycles. The Morgan fingerprint density at radius 3 is 2.94 bits per heavy atom. The van der Waals surface area contributed by atoms with Crippen molar-refractivity contribution in [1.29, 1.82) is 0 Å². The predicted octanol–water partition coefficient (Wildman–Crippen LogP) is 0.871. The lowest BCUT2D eigenvalue weighted by Crippen LogP contribution is -2.34. The van der Waals surface area contributed by atoms with Gasteiger partial charge in [0.05, 0.1) is 18.3 Å². The van der Waals surface area contributed by atoms with Crippen LogP contribution in [0.3, 0.4) is 0 Å². The molecule has 0 spiro atoms. The van der Waals surface area contributed by atoms with Crippen molar-refractivity contribution in [3.63, 3.8) is 0 Å². The molecule has 0 aliphatic rings. The minimum absolute atomic E-state index is 0.0189. The highest BCUT2D eigenvalue weighted by molar-refractivity contribution is 5.94. The van der Waals surface area contributed by atoms with Crippen molar-refractivity contribution >= 4 is 5.91 Å². The number of aliphatic hydroxyl groups is 1. The van der Waals surface area contributed by atoms with Gasteiger partial charge in [0.2, 0.25) is 0 Å². The Bertz CT molecular complexity index is 395. The van der Waals surface area contributed by atoms with Crippen LogP contribution in [0.1, 0.15) is 15.9 Å². The molecule has 4 nitrogen and oxygen atoms in total. The van der Waals surface area contributed by atoms with Gasteiger partial charge in [0, 0.05) is 13.7 Å². The van der Waals surface area contributed by atoms with E-state index >= 15 is 0 Å². The van der Waals surface area contributed by atoms with Crippen LogP contribution in [0.25, 0.3) is 0 Å². The quantitative estimate of drug-likeness (QED) is 0.804. The molecule has 1 unspecified atom stereocenters. The summed E-state index contributed by atoms with van der Waals surface area (Å²) in [7, 11) is 1.45. The van der Waals surface area contributed by atoms with Gasteiger partial charge in [-0.1, -0.05) is 11.6 Å². The molecule has 0 aliphatic heterocycles. The van der Waals surface area contributed by atoms with E-state index in [1.165, 1.54) is 19.2 Å². The third-order valence-corrected chi connectivity index (χ3v) is 2.22. The standard InChI is InChI=1S/C12H16FNO3/c1-8-3-4-11(13)10(5-8)12(16)14-6-9(15)7-17-2/h3-5,9,15H,6-7H2,1-2H3,(H,14,16). The van der Waals surface area contributed by atoms with Crippen LogP contribution in [0, 0.1) is 12.7 Å². The first-order chi connectivity index (χ1) is 8.04. The SMILES string of the molecule is COCC(O)CNC(=O)c1cc(C)ccc1F. The zero-order valence-electron chi connectivity index (χ0n) is 9.87. The summed E-state index contributed by atoms with van der Waals surface area (Å²) < 4.78 is 18.1. The summed E-state index contributed by atoms with van der Waals surface area (Å²) in [4.78, 5) is 11.6. The van der Waals surface area contributed by atoms with Gasteiger partial charge >= 0.3 is 0 Å². The zero-order valence-corrected chi connectivity index (χ0v) is 9.87. The molecule has 1 atom stereocenters. The summed E-state index contributed by atoms with van der Waals surface area (Å²) in [5.41, 5.74) is 0.781. The lowest BCUT2D eigenvalue weighted by molar-refractivity contribution is 0.0609. The molecular formula is C12H16FNO3. The van der Waals surface area contributed by atoms with E-state index in [1.54, 1.807) is 13.0 Å². The Balaban J connectivity index is 2.61. The Kier molecular flexibility index (Phi) is 5.06. The molecule has 1 rings (SSSR count). The number of aryl methyl sites for hydroxylation is 1. The van der Waals surface area contributed by atoms with E-state index in [4.69, 9.17) is 4.74 Å². The molecule has 1 aromatic carbocycles. The van der Waals surface area contributed by atoms with E-state index in [-0.39, 0.29) is 18.7 Å². The first-order valence-corrected chi connectivity index (χ1v) is 5.26. The van der Waals surface area contributed by atoms with E-state index in [1.807, 2.05) is 0 Å². The molecule has 0 heterocycles. The number of rotatable bonds is 5. The fourth-order valence-electron chi connectivity index (χ4n) is 1.37. The number of carbonyl (C=O) groups is 1. The van der Waals surface area contributed by atoms with Gasteiger partial charge in [-0.05, 0) is 19.1 Å². The van der Waals surface area contributed by atoms with Crippen LogP contribution in [-0.4, -0.2) is 37.4 Å². The van der Waals surface area contributed by atoms with Crippen LogP contribution >= 0.6 is 0 Å². The Hall–Kier alpha value is -1.46. The maximum absolute atomic E-state index is 13.3. The summed E-state index contributed by atoms with van der Waals surface area (Å²) >= 11 is 0. The van der Waals surface area contributed by atoms with Crippen molar-refractivity contribution in [2.45, 2.75) is 13.0 Å². The molecule has 0 aliphatic carbocycles. The minimum atomic E-state index is -0.795. The van der Waals surface area contributed by atoms with Gasteiger partial charge in [-0.25, -0.2) is 4.39 Å². The molecule has 0 fully saturated rings. The lowest BCUT2D eigenvalue weighted by Gasteiger charge is -2.11. The third-order valence-electron chi connectivity index (χ3n) is 2.22. The van der Waals surface area contributed by atoms with E-state index in [2.05, 4.69) is 5.32 Å². The van der Waals surface area contributed by atoms with Gasteiger partial charge in [-0.15, -0.1) is 0 Å². The van der Waals surface area contributed by atoms with Gasteiger partial charge in [-0.2, -0.15) is 0 Å². The molecule has 0 radical (unpaired) electrons. The summed E-state index contributed by atoms with van der Waals surface area (Å²) in [6.07, 6.45) is -0.795. The van der Waals surface area contributed by atoms with Gasteiger partial charge in [0.25, 0.3) is 5.91 Å². The van der Waals surface area contributed by atoms with Gasteiger partial charge in [0.15, 0.2) is 0 Å². The molecule has 5 heteroatoms. The average molecular weight is 241 g/mol. The van der Waals surface area contributed by atoms with Gasteiger partial charge in [0.1, 0.15) is 5.82 Å². The topological polar surface area (TPSA) is 58.6 Å². The minimum Gasteiger partial charge on any atom is -0.389 e. The Morgan fingerprint density at radius 1 is 1.59 bits per heavy atom. The highest BCUT2D eigenvalue weighted by atomic mass is 19.1. The number of hydrogen-bond donors (Lipinski definition) is 2. The number of amides is 1. The van der Waals surface area contributed by atoms with E-state index in [9.17, 15) is 14.3 Å². The zero-order chi connectivity index (χ0) is 12.8. The van der Waals surface area contributed by atoms with Crippen molar-refractivity contribution in [3.05, 3.63) is 35.1 Å². The summed E-state index contributed by atoms with van der Waals surface area (Å²) in [6, 6.07) is 4.30. The Morgan fingerprint density at radius 2 is 2.29 bits per heavy atom. The monoisotopic (exact) mass is 241 g/mol.